The molecule has 3 rings (SSSR count). The zero-order valence-electron chi connectivity index (χ0n) is 11.1. The van der Waals surface area contributed by atoms with Gasteiger partial charge < -0.3 is 4.74 Å². The van der Waals surface area contributed by atoms with E-state index in [1.54, 1.807) is 12.1 Å². The fraction of sp³-hybridized carbons (Fsp3) is 0.571. The Morgan fingerprint density at radius 3 is 2.45 bits per heavy atom. The number of rotatable bonds is 4. The Hall–Kier alpha value is -0.980. The summed E-state index contributed by atoms with van der Waals surface area (Å²) < 4.78 is 44.7. The van der Waals surface area contributed by atoms with Gasteiger partial charge >= 0.3 is 0 Å². The molecule has 0 aromatic heterocycles. The predicted octanol–water partition coefficient (Wildman–Crippen LogP) is 1.78. The number of ether oxygens (including phenoxy) is 1. The molecule has 110 valence electrons. The third kappa shape index (κ3) is 2.87. The highest BCUT2D eigenvalue weighted by atomic mass is 32.2. The largest absolute Gasteiger partial charge is 0.378 e. The van der Waals surface area contributed by atoms with Crippen molar-refractivity contribution in [2.75, 3.05) is 13.2 Å². The number of hydrogen-bond acceptors (Lipinski definition) is 3. The van der Waals surface area contributed by atoms with Crippen LogP contribution in [-0.2, 0) is 14.8 Å². The standard InChI is InChI=1S/C14H18FNO3S/c15-12-4-1-10(2-5-12)11-3-6-13(7-11)16-20(17,18)14-8-19-9-14/h1-2,4-5,11,13-14,16H,3,6-9H2/t11-,13-/m0/s1. The van der Waals surface area contributed by atoms with E-state index < -0.39 is 15.3 Å². The summed E-state index contributed by atoms with van der Waals surface area (Å²) in [7, 11) is -3.25. The molecule has 1 aromatic carbocycles. The van der Waals surface area contributed by atoms with Crippen LogP contribution in [0.25, 0.3) is 0 Å². The van der Waals surface area contributed by atoms with Crippen LogP contribution >= 0.6 is 0 Å². The summed E-state index contributed by atoms with van der Waals surface area (Å²) in [6.07, 6.45) is 2.53. The van der Waals surface area contributed by atoms with Crippen LogP contribution in [-0.4, -0.2) is 32.9 Å². The van der Waals surface area contributed by atoms with E-state index in [0.29, 0.717) is 19.1 Å². The Morgan fingerprint density at radius 1 is 1.15 bits per heavy atom. The molecule has 1 saturated heterocycles. The van der Waals surface area contributed by atoms with Crippen molar-refractivity contribution in [2.24, 2.45) is 0 Å². The molecule has 0 spiro atoms. The smallest absolute Gasteiger partial charge is 0.219 e. The highest BCUT2D eigenvalue weighted by Gasteiger charge is 2.36. The molecular weight excluding hydrogens is 281 g/mol. The minimum atomic E-state index is -3.25. The van der Waals surface area contributed by atoms with Gasteiger partial charge in [-0.3, -0.25) is 0 Å². The molecule has 1 saturated carbocycles. The number of nitrogens with one attached hydrogen (secondary N) is 1. The lowest BCUT2D eigenvalue weighted by atomic mass is 9.98. The van der Waals surface area contributed by atoms with Crippen molar-refractivity contribution in [1.29, 1.82) is 0 Å². The van der Waals surface area contributed by atoms with Gasteiger partial charge in [0.05, 0.1) is 13.2 Å². The first-order chi connectivity index (χ1) is 9.54. The van der Waals surface area contributed by atoms with Crippen molar-refractivity contribution in [2.45, 2.75) is 36.5 Å². The van der Waals surface area contributed by atoms with Gasteiger partial charge in [0.2, 0.25) is 10.0 Å². The minimum Gasteiger partial charge on any atom is -0.378 e. The van der Waals surface area contributed by atoms with Crippen LogP contribution in [0, 0.1) is 5.82 Å². The average molecular weight is 299 g/mol. The predicted molar refractivity (Wildman–Crippen MR) is 73.4 cm³/mol. The quantitative estimate of drug-likeness (QED) is 0.922. The molecule has 0 bridgehead atoms. The Labute approximate surface area is 118 Å². The first-order valence-electron chi connectivity index (χ1n) is 6.89. The molecule has 2 atom stereocenters. The van der Waals surface area contributed by atoms with E-state index >= 15 is 0 Å². The zero-order valence-corrected chi connectivity index (χ0v) is 11.9. The van der Waals surface area contributed by atoms with E-state index in [9.17, 15) is 12.8 Å². The van der Waals surface area contributed by atoms with Crippen LogP contribution in [0.1, 0.15) is 30.7 Å². The highest BCUT2D eigenvalue weighted by molar-refractivity contribution is 7.90. The van der Waals surface area contributed by atoms with Crippen LogP contribution in [0.5, 0.6) is 0 Å². The van der Waals surface area contributed by atoms with Crippen LogP contribution in [0.4, 0.5) is 4.39 Å². The maximum atomic E-state index is 12.9. The number of benzene rings is 1. The lowest BCUT2D eigenvalue weighted by molar-refractivity contribution is 0.0410. The fourth-order valence-electron chi connectivity index (χ4n) is 2.85. The van der Waals surface area contributed by atoms with E-state index in [1.807, 2.05) is 0 Å². The van der Waals surface area contributed by atoms with Crippen molar-refractivity contribution in [3.63, 3.8) is 0 Å². The van der Waals surface area contributed by atoms with Crippen molar-refractivity contribution in [1.82, 2.24) is 4.72 Å². The lowest BCUT2D eigenvalue weighted by Gasteiger charge is -2.27. The van der Waals surface area contributed by atoms with Crippen LogP contribution in [0.15, 0.2) is 24.3 Å². The number of halogens is 1. The maximum absolute atomic E-state index is 12.9. The molecule has 4 nitrogen and oxygen atoms in total. The molecule has 6 heteroatoms. The van der Waals surface area contributed by atoms with E-state index in [1.165, 1.54) is 12.1 Å². The third-order valence-electron chi connectivity index (χ3n) is 4.15. The fourth-order valence-corrected chi connectivity index (χ4v) is 4.27. The molecule has 20 heavy (non-hydrogen) atoms. The summed E-state index contributed by atoms with van der Waals surface area (Å²) in [4.78, 5) is 0. The third-order valence-corrected chi connectivity index (χ3v) is 5.96. The molecule has 1 aliphatic carbocycles. The van der Waals surface area contributed by atoms with Gasteiger partial charge in [0.25, 0.3) is 0 Å². The van der Waals surface area contributed by atoms with Gasteiger partial charge in [-0.2, -0.15) is 0 Å². The molecule has 2 fully saturated rings. The second kappa shape index (κ2) is 5.42. The van der Waals surface area contributed by atoms with Gasteiger partial charge in [-0.05, 0) is 42.9 Å². The van der Waals surface area contributed by atoms with Gasteiger partial charge in [0.15, 0.2) is 0 Å². The van der Waals surface area contributed by atoms with E-state index in [2.05, 4.69) is 4.72 Å². The summed E-state index contributed by atoms with van der Waals surface area (Å²) in [6.45, 7) is 0.590. The number of hydrogen-bond donors (Lipinski definition) is 1. The molecule has 1 heterocycles. The van der Waals surface area contributed by atoms with E-state index in [0.717, 1.165) is 24.8 Å². The normalized spacial score (nSPS) is 27.4. The second-order valence-corrected chi connectivity index (χ2v) is 7.57. The van der Waals surface area contributed by atoms with Crippen LogP contribution in [0.2, 0.25) is 0 Å². The molecule has 0 radical (unpaired) electrons. The second-order valence-electron chi connectivity index (χ2n) is 5.58. The highest BCUT2D eigenvalue weighted by Crippen LogP contribution is 2.35. The molecular formula is C14H18FNO3S. The molecule has 0 unspecified atom stereocenters. The summed E-state index contributed by atoms with van der Waals surface area (Å²) >= 11 is 0. The summed E-state index contributed by atoms with van der Waals surface area (Å²) in [5.74, 6) is 0.0647. The summed E-state index contributed by atoms with van der Waals surface area (Å²) in [5, 5.41) is -0.396. The Morgan fingerprint density at radius 2 is 1.85 bits per heavy atom. The Balaban J connectivity index is 1.60. The topological polar surface area (TPSA) is 55.4 Å². The average Bonchev–Trinajstić information content (AvgIpc) is 2.74. The van der Waals surface area contributed by atoms with E-state index in [4.69, 9.17) is 4.74 Å². The summed E-state index contributed by atoms with van der Waals surface area (Å²) in [6, 6.07) is 6.47. The van der Waals surface area contributed by atoms with Crippen molar-refractivity contribution in [3.8, 4) is 0 Å². The molecule has 0 amide bonds. The van der Waals surface area contributed by atoms with Crippen molar-refractivity contribution >= 4 is 10.0 Å². The molecule has 1 N–H and O–H groups in total. The first-order valence-corrected chi connectivity index (χ1v) is 8.43. The van der Waals surface area contributed by atoms with Gasteiger partial charge in [0.1, 0.15) is 11.1 Å². The van der Waals surface area contributed by atoms with Gasteiger partial charge in [-0.15, -0.1) is 0 Å². The Kier molecular flexibility index (Phi) is 3.79. The van der Waals surface area contributed by atoms with Crippen LogP contribution in [0.3, 0.4) is 0 Å². The van der Waals surface area contributed by atoms with E-state index in [-0.39, 0.29) is 11.9 Å². The summed E-state index contributed by atoms with van der Waals surface area (Å²) in [5.41, 5.74) is 1.08. The minimum absolute atomic E-state index is 0.0179. The van der Waals surface area contributed by atoms with Gasteiger partial charge in [0, 0.05) is 6.04 Å². The van der Waals surface area contributed by atoms with Crippen molar-refractivity contribution in [3.05, 3.63) is 35.6 Å². The first kappa shape index (κ1) is 14.0. The van der Waals surface area contributed by atoms with Gasteiger partial charge in [-0.25, -0.2) is 17.5 Å². The SMILES string of the molecule is O=S(=O)(N[C@H]1CC[C@H](c2ccc(F)cc2)C1)C1COC1. The monoisotopic (exact) mass is 299 g/mol. The lowest BCUT2D eigenvalue weighted by Crippen LogP contribution is -2.49. The van der Waals surface area contributed by atoms with Crippen molar-refractivity contribution < 1.29 is 17.5 Å². The molecule has 1 aromatic rings. The number of sulfonamides is 1. The molecule has 1 aliphatic heterocycles. The Bertz CT molecular complexity index is 569. The zero-order chi connectivity index (χ0) is 14.2. The van der Waals surface area contributed by atoms with Crippen LogP contribution < -0.4 is 4.72 Å². The van der Waals surface area contributed by atoms with Gasteiger partial charge in [-0.1, -0.05) is 12.1 Å². The molecule has 2 aliphatic rings. The maximum Gasteiger partial charge on any atom is 0.219 e.